The molecule has 4 rings (SSSR count). The van der Waals surface area contributed by atoms with Gasteiger partial charge in [-0.05, 0) is 63.6 Å². The van der Waals surface area contributed by atoms with Crippen molar-refractivity contribution >= 4 is 11.8 Å². The standard InChI is InChI=1S/C24H35N3O3/c1-30-18-13-23(21(25)28)11-16-26(17-12-23)20-7-14-27(15-8-20)22(29)24(9-10-24)19-5-3-2-4-6-19/h2-6,20H,7-18H2,1H3,(H2,25,28). The second-order valence-corrected chi connectivity index (χ2v) is 9.39. The van der Waals surface area contributed by atoms with Gasteiger partial charge in [0.05, 0.1) is 10.8 Å². The highest BCUT2D eigenvalue weighted by Gasteiger charge is 2.53. The number of amides is 2. The van der Waals surface area contributed by atoms with Crippen molar-refractivity contribution in [2.75, 3.05) is 39.9 Å². The molecular weight excluding hydrogens is 378 g/mol. The van der Waals surface area contributed by atoms with Crippen LogP contribution in [0.3, 0.4) is 0 Å². The van der Waals surface area contributed by atoms with Gasteiger partial charge in [0, 0.05) is 32.8 Å². The van der Waals surface area contributed by atoms with Crippen LogP contribution in [0.25, 0.3) is 0 Å². The topological polar surface area (TPSA) is 75.9 Å². The van der Waals surface area contributed by atoms with Crippen molar-refractivity contribution in [1.29, 1.82) is 0 Å². The summed E-state index contributed by atoms with van der Waals surface area (Å²) >= 11 is 0. The minimum absolute atomic E-state index is 0.185. The van der Waals surface area contributed by atoms with Crippen molar-refractivity contribution in [3.8, 4) is 0 Å². The first-order valence-corrected chi connectivity index (χ1v) is 11.4. The Labute approximate surface area is 179 Å². The number of carbonyl (C=O) groups is 2. The Morgan fingerprint density at radius 2 is 1.67 bits per heavy atom. The van der Waals surface area contributed by atoms with Crippen LogP contribution in [0.15, 0.2) is 30.3 Å². The second kappa shape index (κ2) is 8.67. The van der Waals surface area contributed by atoms with E-state index in [0.717, 1.165) is 64.7 Å². The molecule has 2 amide bonds. The predicted octanol–water partition coefficient (Wildman–Crippen LogP) is 2.31. The number of carbonyl (C=O) groups excluding carboxylic acids is 2. The smallest absolute Gasteiger partial charge is 0.233 e. The highest BCUT2D eigenvalue weighted by molar-refractivity contribution is 5.91. The Morgan fingerprint density at radius 1 is 1.03 bits per heavy atom. The van der Waals surface area contributed by atoms with Crippen molar-refractivity contribution in [3.05, 3.63) is 35.9 Å². The molecule has 164 valence electrons. The quantitative estimate of drug-likeness (QED) is 0.744. The van der Waals surface area contributed by atoms with Crippen LogP contribution >= 0.6 is 0 Å². The lowest BCUT2D eigenvalue weighted by Crippen LogP contribution is -2.54. The predicted molar refractivity (Wildman–Crippen MR) is 116 cm³/mol. The van der Waals surface area contributed by atoms with Gasteiger partial charge in [-0.1, -0.05) is 30.3 Å². The van der Waals surface area contributed by atoms with Crippen LogP contribution in [0, 0.1) is 5.41 Å². The van der Waals surface area contributed by atoms with E-state index in [1.54, 1.807) is 7.11 Å². The SMILES string of the molecule is COCCC1(C(N)=O)CCN(C2CCN(C(=O)C3(c4ccccc4)CC3)CC2)CC1. The molecule has 2 heterocycles. The Morgan fingerprint density at radius 3 is 2.20 bits per heavy atom. The Balaban J connectivity index is 1.30. The Hall–Kier alpha value is -1.92. The molecule has 1 aromatic rings. The number of rotatable bonds is 7. The number of primary amides is 1. The van der Waals surface area contributed by atoms with E-state index in [1.807, 2.05) is 18.2 Å². The fourth-order valence-corrected chi connectivity index (χ4v) is 5.48. The minimum Gasteiger partial charge on any atom is -0.385 e. The van der Waals surface area contributed by atoms with Crippen LogP contribution in [0.2, 0.25) is 0 Å². The third kappa shape index (κ3) is 4.00. The minimum atomic E-state index is -0.419. The van der Waals surface area contributed by atoms with E-state index in [9.17, 15) is 9.59 Å². The van der Waals surface area contributed by atoms with Crippen LogP contribution in [-0.2, 0) is 19.7 Å². The highest BCUT2D eigenvalue weighted by Crippen LogP contribution is 2.50. The van der Waals surface area contributed by atoms with E-state index in [1.165, 1.54) is 5.56 Å². The number of benzene rings is 1. The van der Waals surface area contributed by atoms with Crippen LogP contribution in [0.4, 0.5) is 0 Å². The number of nitrogens with zero attached hydrogens (tertiary/aromatic N) is 2. The summed E-state index contributed by atoms with van der Waals surface area (Å²) in [6.45, 7) is 4.05. The largest absolute Gasteiger partial charge is 0.385 e. The summed E-state index contributed by atoms with van der Waals surface area (Å²) in [7, 11) is 1.67. The van der Waals surface area contributed by atoms with Gasteiger partial charge in [0.25, 0.3) is 0 Å². The summed E-state index contributed by atoms with van der Waals surface area (Å²) in [5.74, 6) is 0.133. The lowest BCUT2D eigenvalue weighted by Gasteiger charge is -2.45. The van der Waals surface area contributed by atoms with Gasteiger partial charge in [0.2, 0.25) is 11.8 Å². The molecule has 2 N–H and O–H groups in total. The maximum absolute atomic E-state index is 13.3. The van der Waals surface area contributed by atoms with Gasteiger partial charge in [-0.15, -0.1) is 0 Å². The lowest BCUT2D eigenvalue weighted by atomic mass is 9.74. The number of nitrogens with two attached hydrogens (primary N) is 1. The van der Waals surface area contributed by atoms with Crippen molar-refractivity contribution in [2.24, 2.45) is 11.1 Å². The second-order valence-electron chi connectivity index (χ2n) is 9.39. The molecule has 0 aromatic heterocycles. The molecule has 0 spiro atoms. The maximum atomic E-state index is 13.3. The van der Waals surface area contributed by atoms with Crippen molar-refractivity contribution < 1.29 is 14.3 Å². The molecule has 30 heavy (non-hydrogen) atoms. The molecule has 1 saturated carbocycles. The number of hydrogen-bond acceptors (Lipinski definition) is 4. The highest BCUT2D eigenvalue weighted by atomic mass is 16.5. The molecule has 6 nitrogen and oxygen atoms in total. The third-order valence-electron chi connectivity index (χ3n) is 7.82. The third-order valence-corrected chi connectivity index (χ3v) is 7.82. The van der Waals surface area contributed by atoms with Crippen LogP contribution in [0.5, 0.6) is 0 Å². The zero-order valence-corrected chi connectivity index (χ0v) is 18.1. The summed E-state index contributed by atoms with van der Waals surface area (Å²) in [5.41, 5.74) is 6.25. The Bertz CT molecular complexity index is 746. The fourth-order valence-electron chi connectivity index (χ4n) is 5.48. The Kier molecular flexibility index (Phi) is 6.16. The molecule has 1 aromatic carbocycles. The number of ether oxygens (including phenoxy) is 1. The molecule has 0 atom stereocenters. The molecule has 3 fully saturated rings. The number of hydrogen-bond donors (Lipinski definition) is 1. The normalized spacial score (nSPS) is 23.8. The number of methoxy groups -OCH3 is 1. The summed E-state index contributed by atoms with van der Waals surface area (Å²) in [6, 6.07) is 10.8. The van der Waals surface area contributed by atoms with Crippen molar-refractivity contribution in [2.45, 2.75) is 56.4 Å². The molecule has 0 bridgehead atoms. The van der Waals surface area contributed by atoms with Crippen molar-refractivity contribution in [1.82, 2.24) is 9.80 Å². The van der Waals surface area contributed by atoms with E-state index in [0.29, 0.717) is 25.0 Å². The van der Waals surface area contributed by atoms with Crippen molar-refractivity contribution in [3.63, 3.8) is 0 Å². The lowest BCUT2D eigenvalue weighted by molar-refractivity contribution is -0.137. The van der Waals surface area contributed by atoms with Gasteiger partial charge in [0.1, 0.15) is 0 Å². The number of likely N-dealkylation sites (tertiary alicyclic amines) is 2. The number of piperidine rings is 2. The first-order chi connectivity index (χ1) is 14.5. The van der Waals surface area contributed by atoms with E-state index in [2.05, 4.69) is 21.9 Å². The van der Waals surface area contributed by atoms with Crippen LogP contribution < -0.4 is 5.73 Å². The fraction of sp³-hybridized carbons (Fsp3) is 0.667. The molecule has 6 heteroatoms. The van der Waals surface area contributed by atoms with E-state index in [4.69, 9.17) is 10.5 Å². The summed E-state index contributed by atoms with van der Waals surface area (Å²) < 4.78 is 5.20. The summed E-state index contributed by atoms with van der Waals surface area (Å²) in [6.07, 6.45) is 6.29. The average Bonchev–Trinajstić information content (AvgIpc) is 3.60. The first-order valence-electron chi connectivity index (χ1n) is 11.4. The zero-order valence-electron chi connectivity index (χ0n) is 18.1. The maximum Gasteiger partial charge on any atom is 0.233 e. The first kappa shape index (κ1) is 21.3. The van der Waals surface area contributed by atoms with E-state index >= 15 is 0 Å². The van der Waals surface area contributed by atoms with Gasteiger partial charge in [-0.2, -0.15) is 0 Å². The van der Waals surface area contributed by atoms with Gasteiger partial charge in [-0.3, -0.25) is 9.59 Å². The average molecular weight is 414 g/mol. The summed E-state index contributed by atoms with van der Waals surface area (Å²) in [4.78, 5) is 30.0. The van der Waals surface area contributed by atoms with E-state index in [-0.39, 0.29) is 11.3 Å². The molecule has 3 aliphatic rings. The van der Waals surface area contributed by atoms with Gasteiger partial charge >= 0.3 is 0 Å². The molecule has 0 radical (unpaired) electrons. The van der Waals surface area contributed by atoms with Gasteiger partial charge in [-0.25, -0.2) is 0 Å². The summed E-state index contributed by atoms with van der Waals surface area (Å²) in [5, 5.41) is 0. The molecule has 1 aliphatic carbocycles. The van der Waals surface area contributed by atoms with Crippen LogP contribution in [-0.4, -0.2) is 67.6 Å². The molecular formula is C24H35N3O3. The van der Waals surface area contributed by atoms with Crippen LogP contribution in [0.1, 0.15) is 50.5 Å². The zero-order chi connectivity index (χ0) is 21.2. The monoisotopic (exact) mass is 413 g/mol. The molecule has 2 saturated heterocycles. The van der Waals surface area contributed by atoms with Gasteiger partial charge in [0.15, 0.2) is 0 Å². The van der Waals surface area contributed by atoms with E-state index < -0.39 is 5.41 Å². The van der Waals surface area contributed by atoms with Gasteiger partial charge < -0.3 is 20.3 Å². The molecule has 0 unspecified atom stereocenters. The molecule has 2 aliphatic heterocycles.